The Morgan fingerprint density at radius 1 is 0.525 bits per heavy atom. The third-order valence-corrected chi connectivity index (χ3v) is 11.6. The zero-order valence-corrected chi connectivity index (χ0v) is 42.8. The third kappa shape index (κ3) is 23.3. The van der Waals surface area contributed by atoms with E-state index in [-0.39, 0.29) is 43.4 Å². The lowest BCUT2D eigenvalue weighted by atomic mass is 10.0. The summed E-state index contributed by atoms with van der Waals surface area (Å²) in [4.78, 5) is 176. The van der Waals surface area contributed by atoms with Crippen LogP contribution >= 0.6 is 0 Å². The predicted molar refractivity (Wildman–Crippen MR) is 270 cm³/mol. The van der Waals surface area contributed by atoms with Crippen molar-refractivity contribution in [2.75, 3.05) is 19.6 Å². The van der Waals surface area contributed by atoms with Crippen LogP contribution in [-0.2, 0) is 70.4 Å². The zero-order chi connectivity index (χ0) is 59.6. The van der Waals surface area contributed by atoms with Gasteiger partial charge >= 0.3 is 41.8 Å². The molecule has 0 spiro atoms. The SMILES string of the molecule is CC(=O)N[C@@H](CCC(=O)O)C(=O)N[C@@H](CCC(=O)O)C(=O)NCC(=O)N[C@@H](Cc1cccc(C(=O)O)c1)C(=O)NCC(=O)N[C@@H](Cc1c[nH]c2ccc(F)cc12)C(=O)NCCCC[C@H](NC(=O)N[C@@H](CCC(=O)O)C(=O)O)C(=O)O. The van der Waals surface area contributed by atoms with E-state index in [9.17, 15) is 91.9 Å². The van der Waals surface area contributed by atoms with Crippen molar-refractivity contribution in [3.63, 3.8) is 0 Å². The number of carbonyl (C=O) groups excluding carboxylic acids is 8. The molecule has 2 aromatic carbocycles. The molecule has 1 heterocycles. The molecule has 0 unspecified atom stereocenters. The fourth-order valence-electron chi connectivity index (χ4n) is 7.64. The van der Waals surface area contributed by atoms with Crippen molar-refractivity contribution in [2.24, 2.45) is 0 Å². The molecule has 30 nitrogen and oxygen atoms in total. The van der Waals surface area contributed by atoms with Crippen LogP contribution in [0.4, 0.5) is 9.18 Å². The molecule has 3 aromatic rings. The Bertz CT molecular complexity index is 2810. The van der Waals surface area contributed by atoms with E-state index < -0.39 is 183 Å². The van der Waals surface area contributed by atoms with E-state index in [0.717, 1.165) is 6.92 Å². The lowest BCUT2D eigenvalue weighted by molar-refractivity contribution is -0.141. The fraction of sp³-hybridized carbons (Fsp3) is 0.429. The maximum Gasteiger partial charge on any atom is 0.335 e. The second kappa shape index (κ2) is 32.1. The Balaban J connectivity index is 1.75. The van der Waals surface area contributed by atoms with Gasteiger partial charge in [0.2, 0.25) is 41.4 Å². The van der Waals surface area contributed by atoms with Crippen molar-refractivity contribution in [3.8, 4) is 0 Å². The number of aromatic carboxylic acids is 1. The van der Waals surface area contributed by atoms with Gasteiger partial charge in [0.15, 0.2) is 0 Å². The standard InChI is InChI=1S/C49H61FN10O20/c1-24(61)55-32(11-14-40(66)67)45(73)58-31(10-13-39(64)65)42(70)53-22-37(62)56-35(18-25-5-4-6-26(17-25)46(74)75)44(72)54-23-38(63)57-36(19-27-21-52-30-9-8-28(50)20-29(27)30)43(71)51-16-3-2-7-33(47(76)77)59-49(80)60-34(48(78)79)12-15-41(68)69/h4-6,8-9,17,20-21,31-36,52H,2-3,7,10-16,18-19,22-23H2,1H3,(H,51,71)(H,53,70)(H,54,72)(H,55,61)(H,56,62)(H,57,63)(H,58,73)(H,64,65)(H,66,67)(H,68,69)(H,74,75)(H,76,77)(H,78,79)(H2,59,60,80)/t31-,32-,33-,34-,35-,36-/m0/s1. The number of aromatic nitrogens is 1. The molecule has 0 bridgehead atoms. The quantitative estimate of drug-likeness (QED) is 0.0285. The van der Waals surface area contributed by atoms with Gasteiger partial charge in [-0.1, -0.05) is 12.1 Å². The normalized spacial score (nSPS) is 13.0. The van der Waals surface area contributed by atoms with E-state index in [1.807, 2.05) is 5.32 Å². The number of hydrogen-bond acceptors (Lipinski definition) is 14. The highest BCUT2D eigenvalue weighted by Gasteiger charge is 2.30. The van der Waals surface area contributed by atoms with Crippen molar-refractivity contribution in [1.29, 1.82) is 0 Å². The number of urea groups is 1. The molecule has 0 saturated heterocycles. The molecule has 434 valence electrons. The van der Waals surface area contributed by atoms with Gasteiger partial charge in [-0.3, -0.25) is 47.9 Å². The van der Waals surface area contributed by atoms with Gasteiger partial charge in [-0.25, -0.2) is 23.6 Å². The first-order valence-corrected chi connectivity index (χ1v) is 24.5. The Morgan fingerprint density at radius 2 is 1.04 bits per heavy atom. The molecule has 31 heteroatoms. The minimum atomic E-state index is -1.64. The monoisotopic (exact) mass is 1130 g/mol. The fourth-order valence-corrected chi connectivity index (χ4v) is 7.64. The summed E-state index contributed by atoms with van der Waals surface area (Å²) in [6.45, 7) is -0.859. The van der Waals surface area contributed by atoms with Crippen LogP contribution < -0.4 is 47.9 Å². The Labute approximate surface area is 452 Å². The number of benzene rings is 2. The zero-order valence-electron chi connectivity index (χ0n) is 42.8. The highest BCUT2D eigenvalue weighted by molar-refractivity contribution is 5.96. The number of carbonyl (C=O) groups is 14. The first-order chi connectivity index (χ1) is 37.7. The van der Waals surface area contributed by atoms with Crippen LogP contribution in [0, 0.1) is 5.82 Å². The second-order valence-electron chi connectivity index (χ2n) is 17.9. The molecule has 3 rings (SSSR count). The largest absolute Gasteiger partial charge is 0.481 e. The maximum absolute atomic E-state index is 14.3. The number of H-pyrrole nitrogens is 1. The summed E-state index contributed by atoms with van der Waals surface area (Å²) in [5.41, 5.74) is 0.829. The van der Waals surface area contributed by atoms with E-state index in [4.69, 9.17) is 10.2 Å². The molecule has 0 fully saturated rings. The molecule has 1 aromatic heterocycles. The van der Waals surface area contributed by atoms with Crippen molar-refractivity contribution < 1.29 is 102 Å². The smallest absolute Gasteiger partial charge is 0.335 e. The summed E-state index contributed by atoms with van der Waals surface area (Å²) < 4.78 is 14.3. The molecule has 0 aliphatic rings. The van der Waals surface area contributed by atoms with Crippen LogP contribution in [0.25, 0.3) is 10.9 Å². The second-order valence-corrected chi connectivity index (χ2v) is 17.9. The average Bonchev–Trinajstić information content (AvgIpc) is 3.84. The van der Waals surface area contributed by atoms with Crippen molar-refractivity contribution >= 4 is 94.1 Å². The van der Waals surface area contributed by atoms with Crippen LogP contribution in [0.15, 0.2) is 48.7 Å². The van der Waals surface area contributed by atoms with E-state index in [1.165, 1.54) is 48.7 Å². The van der Waals surface area contributed by atoms with Gasteiger partial charge in [-0.2, -0.15) is 0 Å². The summed E-state index contributed by atoms with van der Waals surface area (Å²) in [6.07, 6.45) is -2.55. The van der Waals surface area contributed by atoms with Crippen LogP contribution in [0.5, 0.6) is 0 Å². The van der Waals surface area contributed by atoms with Crippen LogP contribution in [-0.4, -0.2) is 175 Å². The molecular formula is C49H61FN10O20. The van der Waals surface area contributed by atoms with Gasteiger partial charge in [-0.05, 0) is 80.0 Å². The lowest BCUT2D eigenvalue weighted by Crippen LogP contribution is -2.56. The number of halogens is 1. The number of amides is 9. The summed E-state index contributed by atoms with van der Waals surface area (Å²) >= 11 is 0. The number of rotatable bonds is 35. The van der Waals surface area contributed by atoms with Gasteiger partial charge in [0, 0.05) is 62.7 Å². The highest BCUT2D eigenvalue weighted by atomic mass is 19.1. The number of hydrogen-bond donors (Lipinski definition) is 16. The first-order valence-electron chi connectivity index (χ1n) is 24.5. The minimum absolute atomic E-state index is 0.0545. The number of unbranched alkanes of at least 4 members (excludes halogenated alkanes) is 1. The first kappa shape index (κ1) is 64.6. The molecule has 16 N–H and O–H groups in total. The molecule has 0 aliphatic carbocycles. The van der Waals surface area contributed by atoms with Gasteiger partial charge < -0.3 is 83.5 Å². The number of aromatic amines is 1. The summed E-state index contributed by atoms with van der Waals surface area (Å²) in [5.74, 6) is -15.8. The molecule has 0 radical (unpaired) electrons. The van der Waals surface area contributed by atoms with Crippen LogP contribution in [0.1, 0.15) is 86.2 Å². The topological polar surface area (TPSA) is 484 Å². The summed E-state index contributed by atoms with van der Waals surface area (Å²) in [5, 5.41) is 76.6. The maximum atomic E-state index is 14.3. The number of nitrogens with one attached hydrogen (secondary N) is 10. The Hall–Kier alpha value is -9.71. The molecular weight excluding hydrogens is 1070 g/mol. The average molecular weight is 1130 g/mol. The molecule has 6 atom stereocenters. The van der Waals surface area contributed by atoms with E-state index in [0.29, 0.717) is 16.5 Å². The number of carboxylic acids is 6. The molecule has 80 heavy (non-hydrogen) atoms. The van der Waals surface area contributed by atoms with Gasteiger partial charge in [0.1, 0.15) is 42.1 Å². The van der Waals surface area contributed by atoms with Gasteiger partial charge in [0.25, 0.3) is 0 Å². The highest BCUT2D eigenvalue weighted by Crippen LogP contribution is 2.21. The van der Waals surface area contributed by atoms with Crippen molar-refractivity contribution in [2.45, 2.75) is 114 Å². The Kier molecular flexibility index (Phi) is 25.9. The number of fused-ring (bicyclic) bond motifs is 1. The van der Waals surface area contributed by atoms with E-state index in [1.54, 1.807) is 0 Å². The van der Waals surface area contributed by atoms with E-state index >= 15 is 0 Å². The van der Waals surface area contributed by atoms with Crippen LogP contribution in [0.3, 0.4) is 0 Å². The van der Waals surface area contributed by atoms with Crippen LogP contribution in [0.2, 0.25) is 0 Å². The predicted octanol–water partition coefficient (Wildman–Crippen LogP) is -1.93. The van der Waals surface area contributed by atoms with Gasteiger partial charge in [0.05, 0.1) is 18.7 Å². The summed E-state index contributed by atoms with van der Waals surface area (Å²) in [6, 6.07) is -1.49. The lowest BCUT2D eigenvalue weighted by Gasteiger charge is -2.23. The number of aliphatic carboxylic acids is 5. The van der Waals surface area contributed by atoms with Crippen molar-refractivity contribution in [1.82, 2.24) is 52.8 Å². The van der Waals surface area contributed by atoms with E-state index in [2.05, 4.69) is 47.5 Å². The Morgan fingerprint density at radius 3 is 1.57 bits per heavy atom. The molecule has 0 aliphatic heterocycles. The third-order valence-electron chi connectivity index (χ3n) is 11.6. The summed E-state index contributed by atoms with van der Waals surface area (Å²) in [7, 11) is 0. The van der Waals surface area contributed by atoms with Crippen molar-refractivity contribution in [3.05, 3.63) is 71.2 Å². The van der Waals surface area contributed by atoms with Gasteiger partial charge in [-0.15, -0.1) is 0 Å². The minimum Gasteiger partial charge on any atom is -0.481 e. The molecule has 0 saturated carbocycles. The number of carboxylic acid groups (broad SMARTS) is 6. The molecule has 9 amide bonds.